The molecule has 21 heavy (non-hydrogen) atoms. The summed E-state index contributed by atoms with van der Waals surface area (Å²) in [6.07, 6.45) is 1.46. The summed E-state index contributed by atoms with van der Waals surface area (Å²) >= 11 is 0. The fraction of sp³-hybridized carbons (Fsp3) is 0.500. The van der Waals surface area contributed by atoms with Gasteiger partial charge in [-0.3, -0.25) is 9.59 Å². The Morgan fingerprint density at radius 3 is 2.67 bits per heavy atom. The molecule has 4 nitrogen and oxygen atoms in total. The first kappa shape index (κ1) is 15.5. The van der Waals surface area contributed by atoms with Crippen molar-refractivity contribution in [1.29, 1.82) is 0 Å². The summed E-state index contributed by atoms with van der Waals surface area (Å²) in [5.41, 5.74) is 0.674. The molecule has 0 saturated carbocycles. The molecule has 0 atom stereocenters. The first-order valence-corrected chi connectivity index (χ1v) is 7.29. The van der Waals surface area contributed by atoms with Gasteiger partial charge in [-0.25, -0.2) is 4.39 Å². The minimum absolute atomic E-state index is 0.0251. The van der Waals surface area contributed by atoms with E-state index < -0.39 is 0 Å². The van der Waals surface area contributed by atoms with E-state index in [1.807, 2.05) is 0 Å². The van der Waals surface area contributed by atoms with Crippen LogP contribution in [-0.2, 0) is 20.7 Å². The SMILES string of the molecule is CCOC(=O)C1CCN(C(=O)Cc2cccc(F)c2)CC1. The van der Waals surface area contributed by atoms with Gasteiger partial charge in [-0.2, -0.15) is 0 Å². The molecule has 1 aliphatic rings. The summed E-state index contributed by atoms with van der Waals surface area (Å²) < 4.78 is 18.1. The van der Waals surface area contributed by atoms with Crippen molar-refractivity contribution in [1.82, 2.24) is 4.90 Å². The Morgan fingerprint density at radius 2 is 2.05 bits per heavy atom. The van der Waals surface area contributed by atoms with Gasteiger partial charge in [-0.15, -0.1) is 0 Å². The van der Waals surface area contributed by atoms with Gasteiger partial charge in [0.15, 0.2) is 0 Å². The van der Waals surface area contributed by atoms with Gasteiger partial charge >= 0.3 is 5.97 Å². The van der Waals surface area contributed by atoms with E-state index >= 15 is 0 Å². The van der Waals surface area contributed by atoms with E-state index in [4.69, 9.17) is 4.74 Å². The monoisotopic (exact) mass is 293 g/mol. The summed E-state index contributed by atoms with van der Waals surface area (Å²) in [5, 5.41) is 0. The zero-order chi connectivity index (χ0) is 15.2. The Balaban J connectivity index is 1.84. The number of amides is 1. The van der Waals surface area contributed by atoms with Gasteiger partial charge in [0.1, 0.15) is 5.82 Å². The van der Waals surface area contributed by atoms with E-state index in [-0.39, 0.29) is 30.0 Å². The van der Waals surface area contributed by atoms with Crippen LogP contribution < -0.4 is 0 Å². The lowest BCUT2D eigenvalue weighted by Gasteiger charge is -2.31. The second-order valence-corrected chi connectivity index (χ2v) is 5.21. The lowest BCUT2D eigenvalue weighted by atomic mass is 9.96. The van der Waals surface area contributed by atoms with Gasteiger partial charge in [-0.1, -0.05) is 12.1 Å². The van der Waals surface area contributed by atoms with E-state index in [0.29, 0.717) is 38.1 Å². The van der Waals surface area contributed by atoms with Gasteiger partial charge in [0.05, 0.1) is 18.9 Å². The number of hydrogen-bond donors (Lipinski definition) is 0. The molecule has 1 heterocycles. The van der Waals surface area contributed by atoms with Crippen molar-refractivity contribution in [3.8, 4) is 0 Å². The normalized spacial score (nSPS) is 15.8. The van der Waals surface area contributed by atoms with Crippen molar-refractivity contribution in [2.75, 3.05) is 19.7 Å². The number of hydrogen-bond acceptors (Lipinski definition) is 3. The average Bonchev–Trinajstić information content (AvgIpc) is 2.47. The average molecular weight is 293 g/mol. The van der Waals surface area contributed by atoms with Gasteiger partial charge in [0, 0.05) is 13.1 Å². The third kappa shape index (κ3) is 4.28. The molecule has 0 radical (unpaired) electrons. The molecule has 5 heteroatoms. The van der Waals surface area contributed by atoms with E-state index in [9.17, 15) is 14.0 Å². The topological polar surface area (TPSA) is 46.6 Å². The number of benzene rings is 1. The third-order valence-electron chi connectivity index (χ3n) is 3.71. The van der Waals surface area contributed by atoms with Crippen LogP contribution in [0.15, 0.2) is 24.3 Å². The van der Waals surface area contributed by atoms with Crippen LogP contribution in [0.2, 0.25) is 0 Å². The summed E-state index contributed by atoms with van der Waals surface area (Å²) in [6.45, 7) is 3.28. The number of halogens is 1. The molecule has 1 amide bonds. The zero-order valence-corrected chi connectivity index (χ0v) is 12.2. The van der Waals surface area contributed by atoms with Crippen LogP contribution in [0.4, 0.5) is 4.39 Å². The van der Waals surface area contributed by atoms with Crippen molar-refractivity contribution in [2.24, 2.45) is 5.92 Å². The van der Waals surface area contributed by atoms with Gasteiger partial charge in [-0.05, 0) is 37.5 Å². The van der Waals surface area contributed by atoms with Crippen molar-refractivity contribution in [3.05, 3.63) is 35.6 Å². The van der Waals surface area contributed by atoms with Crippen LogP contribution in [0, 0.1) is 11.7 Å². The summed E-state index contributed by atoms with van der Waals surface area (Å²) in [4.78, 5) is 25.5. The number of esters is 1. The zero-order valence-electron chi connectivity index (χ0n) is 12.2. The standard InChI is InChI=1S/C16H20FNO3/c1-2-21-16(20)13-6-8-18(9-7-13)15(19)11-12-4-3-5-14(17)10-12/h3-5,10,13H,2,6-9,11H2,1H3. The molecule has 114 valence electrons. The Kier molecular flexibility index (Phi) is 5.31. The third-order valence-corrected chi connectivity index (χ3v) is 3.71. The molecule has 1 aromatic carbocycles. The van der Waals surface area contributed by atoms with Crippen LogP contribution in [-0.4, -0.2) is 36.5 Å². The minimum Gasteiger partial charge on any atom is -0.466 e. The van der Waals surface area contributed by atoms with Crippen LogP contribution in [0.3, 0.4) is 0 Å². The fourth-order valence-corrected chi connectivity index (χ4v) is 2.56. The predicted molar refractivity (Wildman–Crippen MR) is 76.0 cm³/mol. The molecule has 1 fully saturated rings. The number of rotatable bonds is 4. The largest absolute Gasteiger partial charge is 0.466 e. The molecule has 0 spiro atoms. The molecule has 1 aromatic rings. The summed E-state index contributed by atoms with van der Waals surface area (Å²) in [5.74, 6) is -0.637. The van der Waals surface area contributed by atoms with Crippen molar-refractivity contribution in [2.45, 2.75) is 26.2 Å². The van der Waals surface area contributed by atoms with Gasteiger partial charge < -0.3 is 9.64 Å². The molecule has 0 N–H and O–H groups in total. The van der Waals surface area contributed by atoms with Crippen LogP contribution in [0.5, 0.6) is 0 Å². The molecule has 1 aliphatic heterocycles. The second kappa shape index (κ2) is 7.20. The maximum Gasteiger partial charge on any atom is 0.309 e. The van der Waals surface area contributed by atoms with Crippen LogP contribution in [0.25, 0.3) is 0 Å². The van der Waals surface area contributed by atoms with Gasteiger partial charge in [0.25, 0.3) is 0 Å². The maximum atomic E-state index is 13.1. The van der Waals surface area contributed by atoms with Crippen molar-refractivity contribution >= 4 is 11.9 Å². The highest BCUT2D eigenvalue weighted by molar-refractivity contribution is 5.79. The highest BCUT2D eigenvalue weighted by Crippen LogP contribution is 2.19. The number of nitrogens with zero attached hydrogens (tertiary/aromatic N) is 1. The van der Waals surface area contributed by atoms with E-state index in [1.165, 1.54) is 12.1 Å². The van der Waals surface area contributed by atoms with Crippen LogP contribution >= 0.6 is 0 Å². The maximum absolute atomic E-state index is 13.1. The predicted octanol–water partition coefficient (Wildman–Crippen LogP) is 2.17. The minimum atomic E-state index is -0.332. The van der Waals surface area contributed by atoms with Gasteiger partial charge in [0.2, 0.25) is 5.91 Å². The Morgan fingerprint density at radius 1 is 1.33 bits per heavy atom. The smallest absolute Gasteiger partial charge is 0.309 e. The quantitative estimate of drug-likeness (QED) is 0.799. The number of ether oxygens (including phenoxy) is 1. The Hall–Kier alpha value is -1.91. The Bertz CT molecular complexity index is 510. The molecule has 1 saturated heterocycles. The number of likely N-dealkylation sites (tertiary alicyclic amines) is 1. The fourth-order valence-electron chi connectivity index (χ4n) is 2.56. The van der Waals surface area contributed by atoms with E-state index in [1.54, 1.807) is 24.0 Å². The summed E-state index contributed by atoms with van der Waals surface area (Å²) in [7, 11) is 0. The molecule has 0 aromatic heterocycles. The van der Waals surface area contributed by atoms with E-state index in [2.05, 4.69) is 0 Å². The number of piperidine rings is 1. The summed E-state index contributed by atoms with van der Waals surface area (Å²) in [6, 6.07) is 6.08. The molecule has 0 unspecified atom stereocenters. The molecule has 0 aliphatic carbocycles. The first-order valence-electron chi connectivity index (χ1n) is 7.29. The first-order chi connectivity index (χ1) is 10.1. The molecular formula is C16H20FNO3. The molecule has 2 rings (SSSR count). The molecule has 0 bridgehead atoms. The lowest BCUT2D eigenvalue weighted by Crippen LogP contribution is -2.41. The second-order valence-electron chi connectivity index (χ2n) is 5.21. The van der Waals surface area contributed by atoms with Crippen LogP contribution in [0.1, 0.15) is 25.3 Å². The lowest BCUT2D eigenvalue weighted by molar-refractivity contribution is -0.151. The van der Waals surface area contributed by atoms with E-state index in [0.717, 1.165) is 0 Å². The molecular weight excluding hydrogens is 273 g/mol. The highest BCUT2D eigenvalue weighted by Gasteiger charge is 2.28. The van der Waals surface area contributed by atoms with Crippen molar-refractivity contribution < 1.29 is 18.7 Å². The Labute approximate surface area is 123 Å². The highest BCUT2D eigenvalue weighted by atomic mass is 19.1. The van der Waals surface area contributed by atoms with Crippen molar-refractivity contribution in [3.63, 3.8) is 0 Å². The number of carbonyl (C=O) groups is 2. The number of carbonyl (C=O) groups excluding carboxylic acids is 2.